The standard InChI is InChI=1S/C16H21N5O3/c1-20-15(17-18-16(20)23)14-12(10-2-3-10)6-8-21(14)13(22)5-4-11-7-9-24-19-11/h7,9-10,12,14H,2-6,8H2,1H3,(H,18,23). The second kappa shape index (κ2) is 5.92. The molecule has 1 amide bonds. The second-order valence-corrected chi connectivity index (χ2v) is 6.76. The Morgan fingerprint density at radius 2 is 2.25 bits per heavy atom. The van der Waals surface area contributed by atoms with Gasteiger partial charge in [-0.2, -0.15) is 5.10 Å². The molecule has 1 saturated carbocycles. The number of aryl methyl sites for hydroxylation is 1. The minimum Gasteiger partial charge on any atom is -0.365 e. The normalized spacial score (nSPS) is 23.8. The summed E-state index contributed by atoms with van der Waals surface area (Å²) in [5.74, 6) is 1.80. The molecule has 128 valence electrons. The van der Waals surface area contributed by atoms with Crippen LogP contribution in [-0.2, 0) is 18.3 Å². The third-order valence-electron chi connectivity index (χ3n) is 5.26. The molecule has 2 aliphatic rings. The summed E-state index contributed by atoms with van der Waals surface area (Å²) >= 11 is 0. The first-order valence-electron chi connectivity index (χ1n) is 8.45. The molecule has 0 aromatic carbocycles. The Bertz CT molecular complexity index is 774. The van der Waals surface area contributed by atoms with Crippen LogP contribution in [0.2, 0.25) is 0 Å². The molecule has 2 atom stereocenters. The molecule has 1 saturated heterocycles. The molecule has 2 aromatic heterocycles. The summed E-state index contributed by atoms with van der Waals surface area (Å²) in [5, 5.41) is 10.6. The van der Waals surface area contributed by atoms with E-state index in [4.69, 9.17) is 4.52 Å². The molecule has 0 bridgehead atoms. The van der Waals surface area contributed by atoms with E-state index in [9.17, 15) is 9.59 Å². The Balaban J connectivity index is 1.55. The van der Waals surface area contributed by atoms with Gasteiger partial charge in [-0.05, 0) is 31.1 Å². The van der Waals surface area contributed by atoms with Gasteiger partial charge in [-0.15, -0.1) is 0 Å². The lowest BCUT2D eigenvalue weighted by atomic mass is 9.94. The summed E-state index contributed by atoms with van der Waals surface area (Å²) < 4.78 is 6.34. The number of hydrogen-bond acceptors (Lipinski definition) is 5. The van der Waals surface area contributed by atoms with E-state index >= 15 is 0 Å². The molecule has 2 aromatic rings. The van der Waals surface area contributed by atoms with Gasteiger partial charge in [0.25, 0.3) is 0 Å². The van der Waals surface area contributed by atoms with Crippen molar-refractivity contribution in [3.05, 3.63) is 34.3 Å². The number of likely N-dealkylation sites (tertiary alicyclic amines) is 1. The fourth-order valence-corrected chi connectivity index (χ4v) is 3.81. The van der Waals surface area contributed by atoms with Crippen LogP contribution in [0.25, 0.3) is 0 Å². The molecule has 0 spiro atoms. The minimum absolute atomic E-state index is 0.0848. The minimum atomic E-state index is -0.235. The number of hydrogen-bond donors (Lipinski definition) is 1. The number of carbonyl (C=O) groups is 1. The van der Waals surface area contributed by atoms with E-state index in [1.807, 2.05) is 4.90 Å². The van der Waals surface area contributed by atoms with Crippen molar-refractivity contribution in [3.8, 4) is 0 Å². The van der Waals surface area contributed by atoms with E-state index in [2.05, 4.69) is 15.4 Å². The molecular formula is C16H21N5O3. The van der Waals surface area contributed by atoms with Crippen molar-refractivity contribution < 1.29 is 9.32 Å². The smallest absolute Gasteiger partial charge is 0.343 e. The summed E-state index contributed by atoms with van der Waals surface area (Å²) in [4.78, 5) is 26.4. The van der Waals surface area contributed by atoms with Gasteiger partial charge in [0.15, 0.2) is 5.82 Å². The monoisotopic (exact) mass is 331 g/mol. The Morgan fingerprint density at radius 1 is 1.42 bits per heavy atom. The molecule has 2 unspecified atom stereocenters. The van der Waals surface area contributed by atoms with Crippen LogP contribution < -0.4 is 5.69 Å². The van der Waals surface area contributed by atoms with Crippen molar-refractivity contribution in [2.24, 2.45) is 18.9 Å². The lowest BCUT2D eigenvalue weighted by Crippen LogP contribution is -2.34. The summed E-state index contributed by atoms with van der Waals surface area (Å²) in [6, 6.07) is 1.67. The predicted octanol–water partition coefficient (Wildman–Crippen LogP) is 1.03. The Morgan fingerprint density at radius 3 is 2.88 bits per heavy atom. The highest BCUT2D eigenvalue weighted by Crippen LogP contribution is 2.49. The zero-order chi connectivity index (χ0) is 16.7. The van der Waals surface area contributed by atoms with Crippen LogP contribution >= 0.6 is 0 Å². The van der Waals surface area contributed by atoms with Crippen molar-refractivity contribution in [2.45, 2.75) is 38.1 Å². The number of amides is 1. The van der Waals surface area contributed by atoms with E-state index in [-0.39, 0.29) is 17.6 Å². The first-order valence-corrected chi connectivity index (χ1v) is 8.45. The highest BCUT2D eigenvalue weighted by atomic mass is 16.5. The van der Waals surface area contributed by atoms with Crippen molar-refractivity contribution in [1.29, 1.82) is 0 Å². The van der Waals surface area contributed by atoms with E-state index in [0.29, 0.717) is 30.5 Å². The lowest BCUT2D eigenvalue weighted by molar-refractivity contribution is -0.132. The van der Waals surface area contributed by atoms with Gasteiger partial charge < -0.3 is 9.42 Å². The molecule has 8 heteroatoms. The van der Waals surface area contributed by atoms with Crippen LogP contribution in [-0.4, -0.2) is 37.3 Å². The molecule has 1 aliphatic heterocycles. The molecular weight excluding hydrogens is 310 g/mol. The van der Waals surface area contributed by atoms with E-state index in [1.54, 1.807) is 13.1 Å². The quantitative estimate of drug-likeness (QED) is 0.882. The maximum absolute atomic E-state index is 12.8. The fourth-order valence-electron chi connectivity index (χ4n) is 3.81. The zero-order valence-corrected chi connectivity index (χ0v) is 13.6. The SMILES string of the molecule is Cn1c(C2C(C3CC3)CCN2C(=O)CCc2ccon2)n[nH]c1=O. The molecule has 8 nitrogen and oxygen atoms in total. The number of carbonyl (C=O) groups excluding carboxylic acids is 1. The second-order valence-electron chi connectivity index (χ2n) is 6.76. The molecule has 1 aliphatic carbocycles. The van der Waals surface area contributed by atoms with Crippen molar-refractivity contribution >= 4 is 5.91 Å². The van der Waals surface area contributed by atoms with Crippen LogP contribution in [0.5, 0.6) is 0 Å². The molecule has 0 radical (unpaired) electrons. The first-order chi connectivity index (χ1) is 11.6. The van der Waals surface area contributed by atoms with Crippen LogP contribution in [0, 0.1) is 11.8 Å². The highest BCUT2D eigenvalue weighted by molar-refractivity contribution is 5.77. The fraction of sp³-hybridized carbons (Fsp3) is 0.625. The number of aromatic nitrogens is 4. The van der Waals surface area contributed by atoms with Gasteiger partial charge in [-0.25, -0.2) is 9.89 Å². The Hall–Kier alpha value is -2.38. The molecule has 1 N–H and O–H groups in total. The third-order valence-corrected chi connectivity index (χ3v) is 5.26. The van der Waals surface area contributed by atoms with Gasteiger partial charge in [0.2, 0.25) is 5.91 Å². The first kappa shape index (κ1) is 15.2. The third kappa shape index (κ3) is 2.65. The zero-order valence-electron chi connectivity index (χ0n) is 13.6. The average Bonchev–Trinajstić information content (AvgIpc) is 2.98. The summed E-state index contributed by atoms with van der Waals surface area (Å²) in [7, 11) is 1.71. The molecule has 24 heavy (non-hydrogen) atoms. The van der Waals surface area contributed by atoms with Crippen LogP contribution in [0.4, 0.5) is 0 Å². The molecule has 2 fully saturated rings. The lowest BCUT2D eigenvalue weighted by Gasteiger charge is -2.27. The van der Waals surface area contributed by atoms with Crippen LogP contribution in [0.1, 0.15) is 43.2 Å². The highest BCUT2D eigenvalue weighted by Gasteiger charge is 2.47. The summed E-state index contributed by atoms with van der Waals surface area (Å²) in [6.45, 7) is 0.727. The summed E-state index contributed by atoms with van der Waals surface area (Å²) in [5.41, 5.74) is 0.548. The largest absolute Gasteiger partial charge is 0.365 e. The Kier molecular flexibility index (Phi) is 3.74. The van der Waals surface area contributed by atoms with Crippen LogP contribution in [0.15, 0.2) is 21.6 Å². The summed E-state index contributed by atoms with van der Waals surface area (Å²) in [6.07, 6.45) is 5.86. The number of rotatable bonds is 5. The van der Waals surface area contributed by atoms with E-state index in [0.717, 1.165) is 18.7 Å². The predicted molar refractivity (Wildman–Crippen MR) is 83.9 cm³/mol. The van der Waals surface area contributed by atoms with E-state index < -0.39 is 0 Å². The van der Waals surface area contributed by atoms with Crippen molar-refractivity contribution in [3.63, 3.8) is 0 Å². The van der Waals surface area contributed by atoms with Gasteiger partial charge in [0.05, 0.1) is 11.7 Å². The maximum atomic E-state index is 12.8. The number of nitrogens with zero attached hydrogens (tertiary/aromatic N) is 4. The molecule has 3 heterocycles. The number of nitrogens with one attached hydrogen (secondary N) is 1. The Labute approximate surface area is 138 Å². The topological polar surface area (TPSA) is 97.0 Å². The van der Waals surface area contributed by atoms with Crippen LogP contribution in [0.3, 0.4) is 0 Å². The van der Waals surface area contributed by atoms with Gasteiger partial charge >= 0.3 is 5.69 Å². The van der Waals surface area contributed by atoms with Gasteiger partial charge in [0, 0.05) is 32.5 Å². The van der Waals surface area contributed by atoms with Crippen molar-refractivity contribution in [2.75, 3.05) is 6.54 Å². The van der Waals surface area contributed by atoms with E-state index in [1.165, 1.54) is 23.7 Å². The van der Waals surface area contributed by atoms with Gasteiger partial charge in [0.1, 0.15) is 6.26 Å². The number of aromatic amines is 1. The average molecular weight is 331 g/mol. The van der Waals surface area contributed by atoms with Gasteiger partial charge in [-0.3, -0.25) is 9.36 Å². The molecule has 4 rings (SSSR count). The van der Waals surface area contributed by atoms with Gasteiger partial charge in [-0.1, -0.05) is 5.16 Å². The number of H-pyrrole nitrogens is 1. The maximum Gasteiger partial charge on any atom is 0.343 e. The van der Waals surface area contributed by atoms with Crippen molar-refractivity contribution in [1.82, 2.24) is 24.8 Å².